The summed E-state index contributed by atoms with van der Waals surface area (Å²) >= 11 is 0. The lowest BCUT2D eigenvalue weighted by Gasteiger charge is -2.41. The van der Waals surface area contributed by atoms with Crippen LogP contribution in [0.5, 0.6) is 0 Å². The van der Waals surface area contributed by atoms with Gasteiger partial charge in [0.15, 0.2) is 0 Å². The zero-order valence-corrected chi connectivity index (χ0v) is 17.7. The van der Waals surface area contributed by atoms with Gasteiger partial charge in [-0.3, -0.25) is 9.80 Å². The first kappa shape index (κ1) is 20.2. The Morgan fingerprint density at radius 1 is 1.13 bits per heavy atom. The van der Waals surface area contributed by atoms with Crippen LogP contribution in [-0.2, 0) is 4.79 Å². The lowest BCUT2D eigenvalue weighted by molar-refractivity contribution is -0.140. The van der Waals surface area contributed by atoms with E-state index in [9.17, 15) is 14.3 Å². The molecular weight excluding hydrogens is 397 g/mol. The van der Waals surface area contributed by atoms with Gasteiger partial charge in [0.25, 0.3) is 0 Å². The van der Waals surface area contributed by atoms with E-state index in [1.807, 2.05) is 47.3 Å². The molecule has 1 aliphatic carbocycles. The van der Waals surface area contributed by atoms with Crippen molar-refractivity contribution in [3.8, 4) is 5.69 Å². The van der Waals surface area contributed by atoms with Gasteiger partial charge in [-0.1, -0.05) is 6.92 Å². The Morgan fingerprint density at radius 2 is 1.81 bits per heavy atom. The second kappa shape index (κ2) is 7.44. The molecule has 1 N–H and O–H groups in total. The molecule has 1 saturated heterocycles. The highest BCUT2D eigenvalue weighted by Crippen LogP contribution is 2.47. The van der Waals surface area contributed by atoms with Gasteiger partial charge in [0.1, 0.15) is 0 Å². The highest BCUT2D eigenvalue weighted by molar-refractivity contribution is 5.85. The summed E-state index contributed by atoms with van der Waals surface area (Å²) in [7, 11) is 0. The van der Waals surface area contributed by atoms with Crippen molar-refractivity contribution in [2.75, 3.05) is 18.1 Å². The Morgan fingerprint density at radius 3 is 2.42 bits per heavy atom. The molecule has 2 fully saturated rings. The standard InChI is InChI=1S/C23H28FN5O2/c1-22(8-9-22)21(30)27-14-10-23(31,11-15-27)16-19-6-12-25-29(19)18-4-2-17(3-5-18)28-13-7-20(24)26-28/h2-5,7,12-13,19,31H,6,8-11,14-16H2,1H3. The van der Waals surface area contributed by atoms with Crippen LogP contribution in [0.25, 0.3) is 5.69 Å². The van der Waals surface area contributed by atoms with E-state index in [1.165, 1.54) is 10.7 Å². The van der Waals surface area contributed by atoms with E-state index in [4.69, 9.17) is 0 Å². The van der Waals surface area contributed by atoms with Crippen LogP contribution in [0.2, 0.25) is 0 Å². The lowest BCUT2D eigenvalue weighted by Crippen LogP contribution is -2.50. The smallest absolute Gasteiger partial charge is 0.233 e. The van der Waals surface area contributed by atoms with E-state index in [-0.39, 0.29) is 17.4 Å². The van der Waals surface area contributed by atoms with Crippen LogP contribution in [0.1, 0.15) is 45.4 Å². The Bertz CT molecular complexity index is 990. The van der Waals surface area contributed by atoms with Gasteiger partial charge in [0.05, 0.1) is 23.0 Å². The minimum atomic E-state index is -0.787. The predicted molar refractivity (Wildman–Crippen MR) is 116 cm³/mol. The predicted octanol–water partition coefficient (Wildman–Crippen LogP) is 3.12. The van der Waals surface area contributed by atoms with Crippen molar-refractivity contribution in [3.05, 3.63) is 42.5 Å². The average molecular weight is 426 g/mol. The van der Waals surface area contributed by atoms with E-state index in [1.54, 1.807) is 6.20 Å². The Balaban J connectivity index is 1.22. The normalized spacial score (nSPS) is 23.9. The Labute approximate surface area is 181 Å². The number of hydrogen-bond acceptors (Lipinski definition) is 5. The lowest BCUT2D eigenvalue weighted by atomic mass is 9.84. The number of nitrogens with zero attached hydrogens (tertiary/aromatic N) is 5. The van der Waals surface area contributed by atoms with Crippen molar-refractivity contribution in [2.45, 2.75) is 57.1 Å². The maximum atomic E-state index is 13.2. The molecule has 3 heterocycles. The van der Waals surface area contributed by atoms with E-state index in [0.29, 0.717) is 32.4 Å². The number of carbonyl (C=O) groups is 1. The molecule has 0 radical (unpaired) electrons. The van der Waals surface area contributed by atoms with Crippen LogP contribution >= 0.6 is 0 Å². The van der Waals surface area contributed by atoms with E-state index >= 15 is 0 Å². The summed E-state index contributed by atoms with van der Waals surface area (Å²) < 4.78 is 14.7. The molecule has 1 amide bonds. The van der Waals surface area contributed by atoms with Gasteiger partial charge in [-0.05, 0) is 56.4 Å². The third kappa shape index (κ3) is 3.96. The first-order valence-corrected chi connectivity index (χ1v) is 11.0. The summed E-state index contributed by atoms with van der Waals surface area (Å²) in [5.41, 5.74) is 0.754. The molecule has 1 aromatic heterocycles. The minimum absolute atomic E-state index is 0.0706. The summed E-state index contributed by atoms with van der Waals surface area (Å²) in [6.45, 7) is 3.28. The van der Waals surface area contributed by atoms with Crippen LogP contribution in [0, 0.1) is 11.4 Å². The van der Waals surface area contributed by atoms with Crippen LogP contribution in [0.4, 0.5) is 10.1 Å². The first-order valence-electron chi connectivity index (χ1n) is 11.0. The fourth-order valence-corrected chi connectivity index (χ4v) is 4.65. The molecule has 0 spiro atoms. The van der Waals surface area contributed by atoms with Crippen LogP contribution in [-0.4, -0.2) is 56.6 Å². The number of aliphatic hydroxyl groups is 1. The van der Waals surface area contributed by atoms with Gasteiger partial charge in [-0.2, -0.15) is 9.49 Å². The monoisotopic (exact) mass is 425 g/mol. The highest BCUT2D eigenvalue weighted by atomic mass is 19.1. The van der Waals surface area contributed by atoms with Gasteiger partial charge < -0.3 is 10.0 Å². The molecular formula is C23H28FN5O2. The summed E-state index contributed by atoms with van der Waals surface area (Å²) in [6.07, 6.45) is 8.01. The molecule has 8 heteroatoms. The Kier molecular flexibility index (Phi) is 4.84. The highest BCUT2D eigenvalue weighted by Gasteiger charge is 2.48. The molecule has 2 aliphatic heterocycles. The van der Waals surface area contributed by atoms with Crippen molar-refractivity contribution < 1.29 is 14.3 Å². The number of anilines is 1. The number of aromatic nitrogens is 2. The van der Waals surface area contributed by atoms with Gasteiger partial charge in [0, 0.05) is 43.4 Å². The van der Waals surface area contributed by atoms with Crippen molar-refractivity contribution >= 4 is 17.8 Å². The van der Waals surface area contributed by atoms with Gasteiger partial charge in [0.2, 0.25) is 11.9 Å². The number of piperidine rings is 1. The summed E-state index contributed by atoms with van der Waals surface area (Å²) in [5.74, 6) is -0.266. The Hall–Kier alpha value is -2.74. The number of benzene rings is 1. The van der Waals surface area contributed by atoms with Crippen molar-refractivity contribution in [3.63, 3.8) is 0 Å². The first-order chi connectivity index (χ1) is 14.9. The number of halogens is 1. The van der Waals surface area contributed by atoms with Gasteiger partial charge in [-0.25, -0.2) is 4.68 Å². The molecule has 2 aromatic rings. The zero-order chi connectivity index (χ0) is 21.6. The minimum Gasteiger partial charge on any atom is -0.390 e. The maximum absolute atomic E-state index is 13.2. The number of likely N-dealkylation sites (tertiary alicyclic amines) is 1. The molecule has 7 nitrogen and oxygen atoms in total. The van der Waals surface area contributed by atoms with E-state index in [2.05, 4.69) is 10.2 Å². The van der Waals surface area contributed by atoms with Gasteiger partial charge >= 0.3 is 0 Å². The maximum Gasteiger partial charge on any atom is 0.233 e. The van der Waals surface area contributed by atoms with Gasteiger partial charge in [-0.15, -0.1) is 5.10 Å². The molecule has 31 heavy (non-hydrogen) atoms. The molecule has 1 unspecified atom stereocenters. The zero-order valence-electron chi connectivity index (χ0n) is 17.7. The largest absolute Gasteiger partial charge is 0.390 e. The van der Waals surface area contributed by atoms with Crippen molar-refractivity contribution in [1.82, 2.24) is 14.7 Å². The molecule has 1 aromatic carbocycles. The molecule has 1 atom stereocenters. The third-order valence-corrected chi connectivity index (χ3v) is 6.98. The van der Waals surface area contributed by atoms with Crippen molar-refractivity contribution in [1.29, 1.82) is 0 Å². The molecule has 164 valence electrons. The third-order valence-electron chi connectivity index (χ3n) is 6.98. The second-order valence-corrected chi connectivity index (χ2v) is 9.41. The number of hydrogen-bond donors (Lipinski definition) is 1. The SMILES string of the molecule is CC1(C(=O)N2CCC(O)(CC3CC=NN3c3ccc(-n4ccc(F)n4)cc3)CC2)CC1. The summed E-state index contributed by atoms with van der Waals surface area (Å²) in [4.78, 5) is 14.5. The van der Waals surface area contributed by atoms with Crippen molar-refractivity contribution in [2.24, 2.45) is 10.5 Å². The quantitative estimate of drug-likeness (QED) is 0.799. The number of carbonyl (C=O) groups excluding carboxylic acids is 1. The molecule has 5 rings (SSSR count). The molecule has 1 saturated carbocycles. The van der Waals surface area contributed by atoms with E-state index < -0.39 is 11.5 Å². The fourth-order valence-electron chi connectivity index (χ4n) is 4.65. The van der Waals surface area contributed by atoms with Crippen LogP contribution < -0.4 is 5.01 Å². The number of hydrazone groups is 1. The average Bonchev–Trinajstić information content (AvgIpc) is 3.14. The fraction of sp³-hybridized carbons (Fsp3) is 0.522. The summed E-state index contributed by atoms with van der Waals surface area (Å²) in [6, 6.07) is 9.02. The number of amides is 1. The summed E-state index contributed by atoms with van der Waals surface area (Å²) in [5, 5.41) is 21.5. The van der Waals surface area contributed by atoms with Crippen LogP contribution in [0.15, 0.2) is 41.6 Å². The number of rotatable bonds is 5. The molecule has 0 bridgehead atoms. The second-order valence-electron chi connectivity index (χ2n) is 9.41. The molecule has 3 aliphatic rings. The topological polar surface area (TPSA) is 74.0 Å². The van der Waals surface area contributed by atoms with E-state index in [0.717, 1.165) is 30.6 Å². The van der Waals surface area contributed by atoms with Crippen LogP contribution in [0.3, 0.4) is 0 Å².